The lowest BCUT2D eigenvalue weighted by molar-refractivity contribution is 0.0946. The van der Waals surface area contributed by atoms with E-state index in [2.05, 4.69) is 29.5 Å². The fourth-order valence-corrected chi connectivity index (χ4v) is 2.83. The summed E-state index contributed by atoms with van der Waals surface area (Å²) in [5, 5.41) is 6.28. The molecule has 4 nitrogen and oxygen atoms in total. The van der Waals surface area contributed by atoms with Gasteiger partial charge in [-0.05, 0) is 42.2 Å². The van der Waals surface area contributed by atoms with Gasteiger partial charge in [-0.15, -0.1) is 0 Å². The van der Waals surface area contributed by atoms with Crippen LogP contribution in [0, 0.1) is 11.7 Å². The van der Waals surface area contributed by atoms with Gasteiger partial charge >= 0.3 is 0 Å². The molecule has 0 saturated heterocycles. The number of rotatable bonds is 4. The van der Waals surface area contributed by atoms with E-state index in [1.165, 1.54) is 12.3 Å². The van der Waals surface area contributed by atoms with Crippen LogP contribution in [0.4, 0.5) is 10.1 Å². The van der Waals surface area contributed by atoms with Gasteiger partial charge in [-0.1, -0.05) is 19.9 Å². The first-order valence-electron chi connectivity index (χ1n) is 7.83. The van der Waals surface area contributed by atoms with Gasteiger partial charge in [-0.25, -0.2) is 4.39 Å². The lowest BCUT2D eigenvalue weighted by atomic mass is 9.97. The SMILES string of the molecule is CC(C)C(Nc1ccc2c(c1)C(=O)NCC2)c1ccc(F)cn1. The molecule has 0 bridgehead atoms. The highest BCUT2D eigenvalue weighted by molar-refractivity contribution is 5.97. The van der Waals surface area contributed by atoms with Crippen LogP contribution >= 0.6 is 0 Å². The number of pyridine rings is 1. The third-order valence-corrected chi connectivity index (χ3v) is 4.09. The highest BCUT2D eigenvalue weighted by Crippen LogP contribution is 2.27. The van der Waals surface area contributed by atoms with Crippen molar-refractivity contribution in [2.75, 3.05) is 11.9 Å². The van der Waals surface area contributed by atoms with Gasteiger partial charge in [0.25, 0.3) is 5.91 Å². The molecule has 1 aromatic carbocycles. The Morgan fingerprint density at radius 1 is 1.26 bits per heavy atom. The molecule has 0 spiro atoms. The summed E-state index contributed by atoms with van der Waals surface area (Å²) >= 11 is 0. The molecular weight excluding hydrogens is 293 g/mol. The number of carbonyl (C=O) groups is 1. The Labute approximate surface area is 135 Å². The van der Waals surface area contributed by atoms with Crippen molar-refractivity contribution in [1.82, 2.24) is 10.3 Å². The second kappa shape index (κ2) is 6.36. The third kappa shape index (κ3) is 3.33. The summed E-state index contributed by atoms with van der Waals surface area (Å²) in [7, 11) is 0. The van der Waals surface area contributed by atoms with Crippen LogP contribution in [0.25, 0.3) is 0 Å². The quantitative estimate of drug-likeness (QED) is 0.910. The average molecular weight is 313 g/mol. The minimum Gasteiger partial charge on any atom is -0.376 e. The van der Waals surface area contributed by atoms with E-state index in [1.807, 2.05) is 18.2 Å². The molecule has 1 aliphatic heterocycles. The molecule has 1 atom stereocenters. The second-order valence-electron chi connectivity index (χ2n) is 6.15. The predicted octanol–water partition coefficient (Wildman–Crippen LogP) is 3.32. The Hall–Kier alpha value is -2.43. The maximum Gasteiger partial charge on any atom is 0.251 e. The van der Waals surface area contributed by atoms with E-state index in [-0.39, 0.29) is 23.7 Å². The number of halogens is 1. The molecule has 5 heteroatoms. The number of amides is 1. The van der Waals surface area contributed by atoms with E-state index >= 15 is 0 Å². The molecule has 0 fully saturated rings. The molecular formula is C18H20FN3O. The zero-order chi connectivity index (χ0) is 16.4. The van der Waals surface area contributed by atoms with Gasteiger partial charge in [-0.3, -0.25) is 9.78 Å². The molecule has 0 aliphatic carbocycles. The lowest BCUT2D eigenvalue weighted by Gasteiger charge is -2.24. The van der Waals surface area contributed by atoms with Crippen molar-refractivity contribution in [3.63, 3.8) is 0 Å². The number of nitrogens with zero attached hydrogens (tertiary/aromatic N) is 1. The monoisotopic (exact) mass is 313 g/mol. The molecule has 1 aliphatic rings. The summed E-state index contributed by atoms with van der Waals surface area (Å²) in [5.41, 5.74) is 3.44. The first-order chi connectivity index (χ1) is 11.0. The summed E-state index contributed by atoms with van der Waals surface area (Å²) in [6.45, 7) is 4.84. The minimum atomic E-state index is -0.346. The van der Waals surface area contributed by atoms with Crippen LogP contribution in [0.3, 0.4) is 0 Å². The van der Waals surface area contributed by atoms with Crippen molar-refractivity contribution in [2.24, 2.45) is 5.92 Å². The first-order valence-corrected chi connectivity index (χ1v) is 7.83. The van der Waals surface area contributed by atoms with Gasteiger partial charge in [0, 0.05) is 17.8 Å². The zero-order valence-corrected chi connectivity index (χ0v) is 13.3. The number of benzene rings is 1. The normalized spacial score (nSPS) is 15.0. The Morgan fingerprint density at radius 3 is 2.78 bits per heavy atom. The molecule has 2 heterocycles. The first kappa shape index (κ1) is 15.5. The number of anilines is 1. The maximum atomic E-state index is 13.1. The van der Waals surface area contributed by atoms with Gasteiger partial charge < -0.3 is 10.6 Å². The number of carbonyl (C=O) groups excluding carboxylic acids is 1. The van der Waals surface area contributed by atoms with E-state index in [0.717, 1.165) is 28.9 Å². The summed E-state index contributed by atoms with van der Waals surface area (Å²) < 4.78 is 13.1. The van der Waals surface area contributed by atoms with Crippen molar-refractivity contribution in [3.05, 3.63) is 59.2 Å². The lowest BCUT2D eigenvalue weighted by Crippen LogP contribution is -2.31. The van der Waals surface area contributed by atoms with Crippen molar-refractivity contribution in [1.29, 1.82) is 0 Å². The molecule has 0 saturated carbocycles. The highest BCUT2D eigenvalue weighted by atomic mass is 19.1. The maximum absolute atomic E-state index is 13.1. The molecule has 3 rings (SSSR count). The van der Waals surface area contributed by atoms with Gasteiger partial charge in [0.2, 0.25) is 0 Å². The van der Waals surface area contributed by atoms with E-state index in [0.29, 0.717) is 6.54 Å². The smallest absolute Gasteiger partial charge is 0.251 e. The summed E-state index contributed by atoms with van der Waals surface area (Å²) in [5.74, 6) is -0.115. The summed E-state index contributed by atoms with van der Waals surface area (Å²) in [6.07, 6.45) is 2.08. The second-order valence-corrected chi connectivity index (χ2v) is 6.15. The van der Waals surface area contributed by atoms with E-state index in [1.54, 1.807) is 6.07 Å². The average Bonchev–Trinajstić information content (AvgIpc) is 2.54. The number of hydrogen-bond acceptors (Lipinski definition) is 3. The topological polar surface area (TPSA) is 54.0 Å². The van der Waals surface area contributed by atoms with Crippen molar-refractivity contribution in [3.8, 4) is 0 Å². The zero-order valence-electron chi connectivity index (χ0n) is 13.3. The Morgan fingerprint density at radius 2 is 2.09 bits per heavy atom. The minimum absolute atomic E-state index is 0.0316. The largest absolute Gasteiger partial charge is 0.376 e. The molecule has 1 aromatic heterocycles. The van der Waals surface area contributed by atoms with Crippen molar-refractivity contribution < 1.29 is 9.18 Å². The number of hydrogen-bond donors (Lipinski definition) is 2. The third-order valence-electron chi connectivity index (χ3n) is 4.09. The van der Waals surface area contributed by atoms with E-state index in [4.69, 9.17) is 0 Å². The number of nitrogens with one attached hydrogen (secondary N) is 2. The van der Waals surface area contributed by atoms with Crippen LogP contribution < -0.4 is 10.6 Å². The van der Waals surface area contributed by atoms with Crippen LogP contribution in [0.15, 0.2) is 36.5 Å². The van der Waals surface area contributed by atoms with Gasteiger partial charge in [0.15, 0.2) is 0 Å². The van der Waals surface area contributed by atoms with Crippen molar-refractivity contribution in [2.45, 2.75) is 26.3 Å². The fourth-order valence-electron chi connectivity index (χ4n) is 2.83. The summed E-state index contributed by atoms with van der Waals surface area (Å²) in [6, 6.07) is 8.91. The molecule has 1 amide bonds. The molecule has 0 radical (unpaired) electrons. The summed E-state index contributed by atoms with van der Waals surface area (Å²) in [4.78, 5) is 16.2. The van der Waals surface area contributed by atoms with Crippen LogP contribution in [0.1, 0.15) is 41.5 Å². The van der Waals surface area contributed by atoms with Crippen LogP contribution in [-0.4, -0.2) is 17.4 Å². The standard InChI is InChI=1S/C18H20FN3O/c1-11(2)17(16-6-4-13(19)10-21-16)22-14-5-3-12-7-8-20-18(23)15(12)9-14/h3-6,9-11,17,22H,7-8H2,1-2H3,(H,20,23). The molecule has 1 unspecified atom stereocenters. The van der Waals surface area contributed by atoms with Crippen molar-refractivity contribution >= 4 is 11.6 Å². The van der Waals surface area contributed by atoms with E-state index < -0.39 is 0 Å². The highest BCUT2D eigenvalue weighted by Gasteiger charge is 2.20. The van der Waals surface area contributed by atoms with Gasteiger partial charge in [0.1, 0.15) is 5.82 Å². The molecule has 23 heavy (non-hydrogen) atoms. The fraction of sp³-hybridized carbons (Fsp3) is 0.333. The number of aromatic nitrogens is 1. The van der Waals surface area contributed by atoms with Gasteiger partial charge in [0.05, 0.1) is 17.9 Å². The van der Waals surface area contributed by atoms with Gasteiger partial charge in [-0.2, -0.15) is 0 Å². The number of fused-ring (bicyclic) bond motifs is 1. The Kier molecular flexibility index (Phi) is 4.28. The molecule has 120 valence electrons. The van der Waals surface area contributed by atoms with Crippen LogP contribution in [-0.2, 0) is 6.42 Å². The molecule has 2 aromatic rings. The van der Waals surface area contributed by atoms with Crippen LogP contribution in [0.2, 0.25) is 0 Å². The van der Waals surface area contributed by atoms with Crippen LogP contribution in [0.5, 0.6) is 0 Å². The Balaban J connectivity index is 1.87. The molecule has 2 N–H and O–H groups in total. The Bertz CT molecular complexity index is 713. The van der Waals surface area contributed by atoms with E-state index in [9.17, 15) is 9.18 Å². The predicted molar refractivity (Wildman–Crippen MR) is 87.9 cm³/mol.